The van der Waals surface area contributed by atoms with Crippen LogP contribution in [0, 0.1) is 0 Å². The Hall–Kier alpha value is -3.11. The van der Waals surface area contributed by atoms with Crippen molar-refractivity contribution in [1.29, 1.82) is 0 Å². The van der Waals surface area contributed by atoms with Crippen LogP contribution in [0.2, 0.25) is 0 Å². The van der Waals surface area contributed by atoms with Crippen LogP contribution in [0.25, 0.3) is 11.0 Å². The van der Waals surface area contributed by atoms with Gasteiger partial charge in [-0.05, 0) is 25.0 Å². The number of aliphatic hydroxyl groups is 2. The van der Waals surface area contributed by atoms with Gasteiger partial charge in [0.2, 0.25) is 0 Å². The SMILES string of the molecule is C=C1Nc2cccc3c2N1CC[C@H](NC(C)C)[C@H]3O.CC(C)N[C@@H]1CCn2c(=O)[nH]c3cccc(c32)[C@H]1O. The Morgan fingerprint density at radius 1 is 0.921 bits per heavy atom. The molecule has 0 unspecified atom stereocenters. The topological polar surface area (TPSA) is 118 Å². The van der Waals surface area contributed by atoms with Gasteiger partial charge in [0.25, 0.3) is 0 Å². The first-order valence-corrected chi connectivity index (χ1v) is 13.6. The van der Waals surface area contributed by atoms with E-state index in [0.717, 1.165) is 58.7 Å². The summed E-state index contributed by atoms with van der Waals surface area (Å²) in [6.07, 6.45) is 0.569. The number of benzene rings is 2. The molecular weight excluding hydrogens is 480 g/mol. The number of anilines is 2. The maximum Gasteiger partial charge on any atom is 0.326 e. The average Bonchev–Trinajstić information content (AvgIpc) is 3.27. The second-order valence-corrected chi connectivity index (χ2v) is 11.1. The molecule has 0 aliphatic carbocycles. The highest BCUT2D eigenvalue weighted by Gasteiger charge is 2.35. The van der Waals surface area contributed by atoms with Gasteiger partial charge in [0.15, 0.2) is 0 Å². The van der Waals surface area contributed by atoms with Crippen molar-refractivity contribution >= 4 is 22.4 Å². The van der Waals surface area contributed by atoms with E-state index in [4.69, 9.17) is 0 Å². The van der Waals surface area contributed by atoms with Gasteiger partial charge in [-0.1, -0.05) is 58.5 Å². The summed E-state index contributed by atoms with van der Waals surface area (Å²) in [7, 11) is 0. The van der Waals surface area contributed by atoms with Gasteiger partial charge < -0.3 is 36.0 Å². The van der Waals surface area contributed by atoms with Crippen molar-refractivity contribution < 1.29 is 10.2 Å². The van der Waals surface area contributed by atoms with Gasteiger partial charge in [-0.25, -0.2) is 4.79 Å². The Balaban J connectivity index is 0.000000155. The van der Waals surface area contributed by atoms with Crippen LogP contribution in [0.3, 0.4) is 0 Å². The molecule has 0 saturated carbocycles. The number of aryl methyl sites for hydroxylation is 1. The van der Waals surface area contributed by atoms with Crippen LogP contribution in [0.4, 0.5) is 11.4 Å². The third-order valence-corrected chi connectivity index (χ3v) is 7.59. The zero-order chi connectivity index (χ0) is 27.1. The van der Waals surface area contributed by atoms with Crippen molar-refractivity contribution in [3.8, 4) is 0 Å². The highest BCUT2D eigenvalue weighted by Crippen LogP contribution is 2.44. The number of aromatic amines is 1. The van der Waals surface area contributed by atoms with Crippen molar-refractivity contribution in [3.63, 3.8) is 0 Å². The molecule has 0 radical (unpaired) electrons. The smallest absolute Gasteiger partial charge is 0.326 e. The summed E-state index contributed by atoms with van der Waals surface area (Å²) >= 11 is 0. The Kier molecular flexibility index (Phi) is 7.37. The van der Waals surface area contributed by atoms with Gasteiger partial charge in [-0.15, -0.1) is 0 Å². The number of aliphatic hydroxyl groups excluding tert-OH is 2. The molecule has 0 amide bonds. The van der Waals surface area contributed by atoms with Crippen molar-refractivity contribution in [3.05, 3.63) is 70.4 Å². The third-order valence-electron chi connectivity index (χ3n) is 7.59. The lowest BCUT2D eigenvalue weighted by molar-refractivity contribution is 0.121. The summed E-state index contributed by atoms with van der Waals surface area (Å²) in [5, 5.41) is 31.4. The summed E-state index contributed by atoms with van der Waals surface area (Å²) in [6.45, 7) is 13.9. The van der Waals surface area contributed by atoms with E-state index in [0.29, 0.717) is 18.6 Å². The predicted molar refractivity (Wildman–Crippen MR) is 152 cm³/mol. The third kappa shape index (κ3) is 4.87. The van der Waals surface area contributed by atoms with E-state index in [1.165, 1.54) is 0 Å². The van der Waals surface area contributed by atoms with Crippen LogP contribution in [0.5, 0.6) is 0 Å². The molecule has 1 aromatic heterocycles. The van der Waals surface area contributed by atoms with E-state index < -0.39 is 12.2 Å². The normalized spacial score (nSPS) is 24.1. The molecular formula is C29H40N6O3. The Labute approximate surface area is 223 Å². The van der Waals surface area contributed by atoms with Gasteiger partial charge in [-0.2, -0.15) is 0 Å². The molecule has 6 rings (SSSR count). The number of imidazole rings is 1. The molecule has 3 aromatic rings. The molecule has 3 aliphatic heterocycles. The molecule has 3 aliphatic rings. The lowest BCUT2D eigenvalue weighted by Gasteiger charge is -2.25. The predicted octanol–water partition coefficient (Wildman–Crippen LogP) is 3.33. The van der Waals surface area contributed by atoms with Crippen LogP contribution in [-0.4, -0.2) is 50.5 Å². The van der Waals surface area contributed by atoms with E-state index in [2.05, 4.69) is 60.1 Å². The van der Waals surface area contributed by atoms with E-state index in [1.807, 2.05) is 36.4 Å². The highest BCUT2D eigenvalue weighted by molar-refractivity contribution is 5.84. The van der Waals surface area contributed by atoms with Crippen LogP contribution >= 0.6 is 0 Å². The summed E-state index contributed by atoms with van der Waals surface area (Å²) < 4.78 is 1.73. The summed E-state index contributed by atoms with van der Waals surface area (Å²) in [4.78, 5) is 17.0. The van der Waals surface area contributed by atoms with Crippen LogP contribution in [0.1, 0.15) is 63.9 Å². The summed E-state index contributed by atoms with van der Waals surface area (Å²) in [5.41, 5.74) is 5.49. The molecule has 0 saturated heterocycles. The van der Waals surface area contributed by atoms with Gasteiger partial charge in [0.1, 0.15) is 5.82 Å². The number of nitrogens with zero attached hydrogens (tertiary/aromatic N) is 2. The number of hydrogen-bond acceptors (Lipinski definition) is 7. The van der Waals surface area contributed by atoms with E-state index in [9.17, 15) is 15.0 Å². The minimum absolute atomic E-state index is 0.0232. The fourth-order valence-electron chi connectivity index (χ4n) is 6.00. The van der Waals surface area contributed by atoms with E-state index >= 15 is 0 Å². The molecule has 204 valence electrons. The number of para-hydroxylation sites is 2. The number of rotatable bonds is 4. The first-order chi connectivity index (χ1) is 18.2. The molecule has 9 nitrogen and oxygen atoms in total. The quantitative estimate of drug-likeness (QED) is 0.313. The molecule has 0 bridgehead atoms. The number of H-pyrrole nitrogens is 1. The molecule has 9 heteroatoms. The summed E-state index contributed by atoms with van der Waals surface area (Å²) in [6, 6.07) is 12.4. The zero-order valence-corrected chi connectivity index (χ0v) is 22.7. The average molecular weight is 521 g/mol. The van der Waals surface area contributed by atoms with Gasteiger partial charge >= 0.3 is 5.69 Å². The van der Waals surface area contributed by atoms with Crippen LogP contribution in [-0.2, 0) is 6.54 Å². The molecule has 38 heavy (non-hydrogen) atoms. The monoisotopic (exact) mass is 520 g/mol. The Morgan fingerprint density at radius 3 is 2.21 bits per heavy atom. The first kappa shape index (κ1) is 26.5. The molecule has 0 fully saturated rings. The minimum atomic E-state index is -0.588. The van der Waals surface area contributed by atoms with Gasteiger partial charge in [0.05, 0.1) is 34.6 Å². The fraction of sp³-hybridized carbons (Fsp3) is 0.483. The Morgan fingerprint density at radius 2 is 1.53 bits per heavy atom. The zero-order valence-electron chi connectivity index (χ0n) is 22.7. The van der Waals surface area contributed by atoms with Crippen LogP contribution < -0.4 is 26.5 Å². The summed E-state index contributed by atoms with van der Waals surface area (Å²) in [5.74, 6) is 0.903. The lowest BCUT2D eigenvalue weighted by atomic mass is 9.99. The second kappa shape index (κ2) is 10.6. The van der Waals surface area contributed by atoms with Crippen molar-refractivity contribution in [2.75, 3.05) is 16.8 Å². The number of aromatic nitrogens is 2. The molecule has 4 heterocycles. The van der Waals surface area contributed by atoms with Crippen molar-refractivity contribution in [1.82, 2.24) is 20.2 Å². The standard InChI is InChI=1S/C15H21N3O.C14H19N3O2/c1-9(2)16-13-7-8-18-10(3)17-12-6-4-5-11(14(12)18)15(13)19;1-8(2)15-11-6-7-17-12-9(13(11)18)4-3-5-10(12)16-14(17)19/h4-6,9,13,15-17,19H,3,7-8H2,1-2H3;3-5,8,11,13,15,18H,6-7H2,1-2H3,(H,16,19)/t13-,15-;11-,13-/m01/s1. The van der Waals surface area contributed by atoms with Gasteiger partial charge in [0, 0.05) is 48.4 Å². The lowest BCUT2D eigenvalue weighted by Crippen LogP contribution is -2.40. The van der Waals surface area contributed by atoms with E-state index in [1.54, 1.807) is 4.57 Å². The minimum Gasteiger partial charge on any atom is -0.387 e. The maximum atomic E-state index is 11.9. The molecule has 0 spiro atoms. The number of hydrogen-bond donors (Lipinski definition) is 6. The van der Waals surface area contributed by atoms with E-state index in [-0.39, 0.29) is 17.8 Å². The second-order valence-electron chi connectivity index (χ2n) is 11.1. The molecule has 4 atom stereocenters. The largest absolute Gasteiger partial charge is 0.387 e. The van der Waals surface area contributed by atoms with Crippen molar-refractivity contribution in [2.45, 2.75) is 83.5 Å². The van der Waals surface area contributed by atoms with Crippen LogP contribution in [0.15, 0.2) is 53.6 Å². The molecule has 6 N–H and O–H groups in total. The fourth-order valence-corrected chi connectivity index (χ4v) is 6.00. The Bertz CT molecular complexity index is 1380. The maximum absolute atomic E-state index is 11.9. The number of nitrogens with one attached hydrogen (secondary N) is 4. The molecule has 2 aromatic carbocycles. The highest BCUT2D eigenvalue weighted by atomic mass is 16.3. The van der Waals surface area contributed by atoms with Crippen molar-refractivity contribution in [2.24, 2.45) is 0 Å². The van der Waals surface area contributed by atoms with Gasteiger partial charge in [-0.3, -0.25) is 4.57 Å². The first-order valence-electron chi connectivity index (χ1n) is 13.6.